The third kappa shape index (κ3) is 2.67. The molecule has 0 aliphatic carbocycles. The van der Waals surface area contributed by atoms with Crippen LogP contribution in [0.3, 0.4) is 0 Å². The number of hydrogen-bond donors (Lipinski definition) is 0. The summed E-state index contributed by atoms with van der Waals surface area (Å²) in [5.74, 6) is 0.263. The van der Waals surface area contributed by atoms with E-state index in [1.165, 1.54) is 5.56 Å². The third-order valence-electron chi connectivity index (χ3n) is 3.49. The molecule has 1 aromatic rings. The summed E-state index contributed by atoms with van der Waals surface area (Å²) in [5.41, 5.74) is 1.30. The second kappa shape index (κ2) is 5.32. The van der Waals surface area contributed by atoms with Crippen LogP contribution in [0.1, 0.15) is 24.9 Å². The van der Waals surface area contributed by atoms with Crippen LogP contribution in [0.4, 0.5) is 0 Å². The number of carbonyl (C=O) groups excluding carboxylic acids is 1. The molecule has 1 amide bonds. The standard InChI is InChI=1S/C14H20N2O/c1-3-14(17)16-10-9-15(2)13(11-16)12-7-5-4-6-8-12/h4-8,13H,3,9-11H2,1-2H3. The molecule has 1 aliphatic rings. The number of piperazine rings is 1. The highest BCUT2D eigenvalue weighted by molar-refractivity contribution is 5.76. The summed E-state index contributed by atoms with van der Waals surface area (Å²) in [6.45, 7) is 4.54. The Kier molecular flexibility index (Phi) is 3.79. The topological polar surface area (TPSA) is 23.6 Å². The van der Waals surface area contributed by atoms with Crippen LogP contribution >= 0.6 is 0 Å². The second-order valence-corrected chi connectivity index (χ2v) is 4.60. The van der Waals surface area contributed by atoms with E-state index in [1.54, 1.807) is 0 Å². The van der Waals surface area contributed by atoms with Gasteiger partial charge < -0.3 is 4.90 Å². The summed E-state index contributed by atoms with van der Waals surface area (Å²) in [6, 6.07) is 10.8. The molecular formula is C14H20N2O. The first kappa shape index (κ1) is 12.1. The van der Waals surface area contributed by atoms with Crippen LogP contribution in [0.5, 0.6) is 0 Å². The molecule has 0 radical (unpaired) electrons. The molecule has 1 unspecified atom stereocenters. The summed E-state index contributed by atoms with van der Waals surface area (Å²) < 4.78 is 0. The van der Waals surface area contributed by atoms with Gasteiger partial charge in [-0.25, -0.2) is 0 Å². The van der Waals surface area contributed by atoms with Gasteiger partial charge >= 0.3 is 0 Å². The number of likely N-dealkylation sites (N-methyl/N-ethyl adjacent to an activating group) is 1. The molecule has 3 heteroatoms. The van der Waals surface area contributed by atoms with Crippen LogP contribution in [0, 0.1) is 0 Å². The minimum atomic E-state index is 0.263. The fraction of sp³-hybridized carbons (Fsp3) is 0.500. The summed E-state index contributed by atoms with van der Waals surface area (Å²) >= 11 is 0. The van der Waals surface area contributed by atoms with Crippen LogP contribution < -0.4 is 0 Å². The van der Waals surface area contributed by atoms with E-state index in [0.29, 0.717) is 12.5 Å². The Hall–Kier alpha value is -1.35. The third-order valence-corrected chi connectivity index (χ3v) is 3.49. The predicted octanol–water partition coefficient (Wildman–Crippen LogP) is 1.91. The smallest absolute Gasteiger partial charge is 0.222 e. The Balaban J connectivity index is 2.13. The normalized spacial score (nSPS) is 21.5. The van der Waals surface area contributed by atoms with E-state index in [9.17, 15) is 4.79 Å². The first-order valence-electron chi connectivity index (χ1n) is 6.25. The van der Waals surface area contributed by atoms with Crippen molar-refractivity contribution in [3.63, 3.8) is 0 Å². The molecule has 1 saturated heterocycles. The Bertz CT molecular complexity index is 377. The van der Waals surface area contributed by atoms with E-state index in [-0.39, 0.29) is 5.91 Å². The van der Waals surface area contributed by atoms with Crippen LogP contribution in [0.25, 0.3) is 0 Å². The lowest BCUT2D eigenvalue weighted by molar-refractivity contribution is -0.133. The van der Waals surface area contributed by atoms with Crippen molar-refractivity contribution in [1.82, 2.24) is 9.80 Å². The second-order valence-electron chi connectivity index (χ2n) is 4.60. The van der Waals surface area contributed by atoms with E-state index in [0.717, 1.165) is 19.6 Å². The average Bonchev–Trinajstić information content (AvgIpc) is 2.39. The van der Waals surface area contributed by atoms with Crippen LogP contribution in [-0.2, 0) is 4.79 Å². The molecule has 0 N–H and O–H groups in total. The van der Waals surface area contributed by atoms with Gasteiger partial charge in [0.25, 0.3) is 0 Å². The molecule has 1 atom stereocenters. The summed E-state index contributed by atoms with van der Waals surface area (Å²) in [6.07, 6.45) is 0.602. The van der Waals surface area contributed by atoms with Gasteiger partial charge in [0, 0.05) is 26.1 Å². The number of benzene rings is 1. The number of hydrogen-bond acceptors (Lipinski definition) is 2. The quantitative estimate of drug-likeness (QED) is 0.777. The van der Waals surface area contributed by atoms with Crippen molar-refractivity contribution < 1.29 is 4.79 Å². The van der Waals surface area contributed by atoms with Gasteiger partial charge in [0.1, 0.15) is 0 Å². The van der Waals surface area contributed by atoms with Crippen LogP contribution in [0.2, 0.25) is 0 Å². The minimum absolute atomic E-state index is 0.263. The first-order valence-corrected chi connectivity index (χ1v) is 6.25. The van der Waals surface area contributed by atoms with E-state index in [1.807, 2.05) is 17.9 Å². The maximum atomic E-state index is 11.8. The Morgan fingerprint density at radius 3 is 2.65 bits per heavy atom. The lowest BCUT2D eigenvalue weighted by Crippen LogP contribution is -2.48. The monoisotopic (exact) mass is 232 g/mol. The molecule has 92 valence electrons. The fourth-order valence-electron chi connectivity index (χ4n) is 2.36. The highest BCUT2D eigenvalue weighted by atomic mass is 16.2. The largest absolute Gasteiger partial charge is 0.340 e. The van der Waals surface area contributed by atoms with Gasteiger partial charge in [0.15, 0.2) is 0 Å². The van der Waals surface area contributed by atoms with Crippen molar-refractivity contribution in [1.29, 1.82) is 0 Å². The Labute approximate surface area is 103 Å². The molecule has 3 nitrogen and oxygen atoms in total. The van der Waals surface area contributed by atoms with Gasteiger partial charge in [-0.05, 0) is 12.6 Å². The molecule has 1 heterocycles. The predicted molar refractivity (Wildman–Crippen MR) is 68.7 cm³/mol. The molecule has 0 bridgehead atoms. The van der Waals surface area contributed by atoms with Gasteiger partial charge in [0.05, 0.1) is 6.04 Å². The van der Waals surface area contributed by atoms with Crippen molar-refractivity contribution in [2.24, 2.45) is 0 Å². The molecule has 1 aromatic carbocycles. The van der Waals surface area contributed by atoms with E-state index >= 15 is 0 Å². The average molecular weight is 232 g/mol. The van der Waals surface area contributed by atoms with Gasteiger partial charge in [-0.3, -0.25) is 9.69 Å². The molecule has 0 saturated carbocycles. The summed E-state index contributed by atoms with van der Waals surface area (Å²) in [4.78, 5) is 16.1. The first-order chi connectivity index (χ1) is 8.22. The maximum Gasteiger partial charge on any atom is 0.222 e. The summed E-state index contributed by atoms with van der Waals surface area (Å²) in [7, 11) is 2.13. The van der Waals surface area contributed by atoms with Crippen LogP contribution in [-0.4, -0.2) is 42.4 Å². The number of rotatable bonds is 2. The van der Waals surface area contributed by atoms with Crippen molar-refractivity contribution in [2.45, 2.75) is 19.4 Å². The molecule has 1 fully saturated rings. The number of nitrogens with zero attached hydrogens (tertiary/aromatic N) is 2. The molecule has 17 heavy (non-hydrogen) atoms. The van der Waals surface area contributed by atoms with Crippen molar-refractivity contribution in [3.8, 4) is 0 Å². The molecule has 0 spiro atoms. The SMILES string of the molecule is CCC(=O)N1CCN(C)C(c2ccccc2)C1. The molecule has 1 aliphatic heterocycles. The highest BCUT2D eigenvalue weighted by Gasteiger charge is 2.27. The van der Waals surface area contributed by atoms with Gasteiger partial charge in [-0.1, -0.05) is 37.3 Å². The minimum Gasteiger partial charge on any atom is -0.340 e. The Morgan fingerprint density at radius 2 is 2.00 bits per heavy atom. The number of amides is 1. The molecular weight excluding hydrogens is 212 g/mol. The van der Waals surface area contributed by atoms with E-state index < -0.39 is 0 Å². The number of carbonyl (C=O) groups is 1. The zero-order chi connectivity index (χ0) is 12.3. The Morgan fingerprint density at radius 1 is 1.29 bits per heavy atom. The van der Waals surface area contributed by atoms with Crippen molar-refractivity contribution >= 4 is 5.91 Å². The van der Waals surface area contributed by atoms with E-state index in [2.05, 4.69) is 36.2 Å². The molecule has 2 rings (SSSR count). The maximum absolute atomic E-state index is 11.8. The highest BCUT2D eigenvalue weighted by Crippen LogP contribution is 2.23. The lowest BCUT2D eigenvalue weighted by Gasteiger charge is -2.39. The van der Waals surface area contributed by atoms with Crippen LogP contribution in [0.15, 0.2) is 30.3 Å². The lowest BCUT2D eigenvalue weighted by atomic mass is 10.0. The van der Waals surface area contributed by atoms with Crippen molar-refractivity contribution in [2.75, 3.05) is 26.7 Å². The van der Waals surface area contributed by atoms with E-state index in [4.69, 9.17) is 0 Å². The van der Waals surface area contributed by atoms with Gasteiger partial charge in [0.2, 0.25) is 5.91 Å². The molecule has 0 aromatic heterocycles. The van der Waals surface area contributed by atoms with Gasteiger partial charge in [-0.2, -0.15) is 0 Å². The zero-order valence-corrected chi connectivity index (χ0v) is 10.6. The zero-order valence-electron chi connectivity index (χ0n) is 10.6. The van der Waals surface area contributed by atoms with Crippen molar-refractivity contribution in [3.05, 3.63) is 35.9 Å². The summed E-state index contributed by atoms with van der Waals surface area (Å²) in [5, 5.41) is 0. The fourth-order valence-corrected chi connectivity index (χ4v) is 2.36. The van der Waals surface area contributed by atoms with Gasteiger partial charge in [-0.15, -0.1) is 0 Å².